The van der Waals surface area contributed by atoms with Crippen molar-refractivity contribution in [2.24, 2.45) is 5.41 Å². The number of halogens is 1. The summed E-state index contributed by atoms with van der Waals surface area (Å²) in [7, 11) is 1.48. The van der Waals surface area contributed by atoms with Gasteiger partial charge in [-0.3, -0.25) is 9.59 Å². The fourth-order valence-electron chi connectivity index (χ4n) is 2.48. The summed E-state index contributed by atoms with van der Waals surface area (Å²) in [5.41, 5.74) is -0.447. The summed E-state index contributed by atoms with van der Waals surface area (Å²) < 4.78 is 5.73. The molecule has 1 N–H and O–H groups in total. The first-order valence-electron chi connectivity index (χ1n) is 6.26. The van der Waals surface area contributed by atoms with Crippen LogP contribution in [0.5, 0.6) is 0 Å². The van der Waals surface area contributed by atoms with Gasteiger partial charge in [0.1, 0.15) is 5.41 Å². The lowest BCUT2D eigenvalue weighted by atomic mass is 9.88. The molecule has 5 nitrogen and oxygen atoms in total. The van der Waals surface area contributed by atoms with Crippen molar-refractivity contribution >= 4 is 27.8 Å². The second kappa shape index (κ2) is 5.93. The summed E-state index contributed by atoms with van der Waals surface area (Å²) in [4.78, 5) is 25.5. The number of aliphatic carboxylic acids is 1. The van der Waals surface area contributed by atoms with E-state index in [1.54, 1.807) is 23.1 Å². The molecule has 0 spiro atoms. The van der Waals surface area contributed by atoms with Crippen molar-refractivity contribution in [3.63, 3.8) is 0 Å². The van der Waals surface area contributed by atoms with E-state index in [1.165, 1.54) is 7.11 Å². The zero-order chi connectivity index (χ0) is 14.8. The molecule has 20 heavy (non-hydrogen) atoms. The molecule has 1 unspecified atom stereocenters. The van der Waals surface area contributed by atoms with Crippen molar-refractivity contribution in [3.05, 3.63) is 34.3 Å². The number of amides is 1. The first-order valence-corrected chi connectivity index (χ1v) is 7.05. The van der Waals surface area contributed by atoms with Crippen LogP contribution < -0.4 is 0 Å². The molecule has 0 saturated carbocycles. The third-order valence-corrected chi connectivity index (χ3v) is 4.31. The number of carboxylic acid groups (broad SMARTS) is 1. The van der Waals surface area contributed by atoms with Crippen LogP contribution in [0.3, 0.4) is 0 Å². The van der Waals surface area contributed by atoms with Gasteiger partial charge in [-0.05, 0) is 34.5 Å². The number of likely N-dealkylation sites (tertiary alicyclic amines) is 1. The predicted molar refractivity (Wildman–Crippen MR) is 76.6 cm³/mol. The second-order valence-corrected chi connectivity index (χ2v) is 5.83. The molecule has 1 heterocycles. The van der Waals surface area contributed by atoms with Gasteiger partial charge < -0.3 is 14.7 Å². The molecular formula is C14H16BrNO4. The van der Waals surface area contributed by atoms with Crippen LogP contribution in [-0.2, 0) is 9.53 Å². The number of hydrogen-bond donors (Lipinski definition) is 1. The number of nitrogens with zero attached hydrogens (tertiary/aromatic N) is 1. The van der Waals surface area contributed by atoms with Gasteiger partial charge >= 0.3 is 5.97 Å². The van der Waals surface area contributed by atoms with Crippen LogP contribution in [0.4, 0.5) is 0 Å². The Morgan fingerprint density at radius 2 is 2.15 bits per heavy atom. The van der Waals surface area contributed by atoms with Crippen molar-refractivity contribution in [3.8, 4) is 0 Å². The number of methoxy groups -OCH3 is 1. The van der Waals surface area contributed by atoms with E-state index in [0.717, 1.165) is 0 Å². The lowest BCUT2D eigenvalue weighted by molar-refractivity contribution is -0.151. The fourth-order valence-corrected chi connectivity index (χ4v) is 2.94. The maximum absolute atomic E-state index is 12.4. The first-order chi connectivity index (χ1) is 9.50. The van der Waals surface area contributed by atoms with Gasteiger partial charge in [-0.2, -0.15) is 0 Å². The lowest BCUT2D eigenvalue weighted by Crippen LogP contribution is -2.40. The maximum atomic E-state index is 12.4. The van der Waals surface area contributed by atoms with Crippen molar-refractivity contribution in [2.45, 2.75) is 6.42 Å². The van der Waals surface area contributed by atoms with E-state index < -0.39 is 11.4 Å². The van der Waals surface area contributed by atoms with E-state index in [9.17, 15) is 14.7 Å². The van der Waals surface area contributed by atoms with E-state index in [4.69, 9.17) is 4.74 Å². The summed E-state index contributed by atoms with van der Waals surface area (Å²) in [6.45, 7) is 0.717. The molecular weight excluding hydrogens is 326 g/mol. The zero-order valence-electron chi connectivity index (χ0n) is 11.1. The van der Waals surface area contributed by atoms with Gasteiger partial charge in [0.05, 0.1) is 12.2 Å². The Morgan fingerprint density at radius 1 is 1.45 bits per heavy atom. The topological polar surface area (TPSA) is 66.8 Å². The summed E-state index contributed by atoms with van der Waals surface area (Å²) in [5, 5.41) is 9.39. The highest BCUT2D eigenvalue weighted by molar-refractivity contribution is 9.10. The predicted octanol–water partition coefficient (Wildman–Crippen LogP) is 2.01. The minimum Gasteiger partial charge on any atom is -0.481 e. The molecule has 1 aliphatic heterocycles. The Kier molecular flexibility index (Phi) is 4.45. The number of rotatable bonds is 4. The van der Waals surface area contributed by atoms with Crippen LogP contribution >= 0.6 is 15.9 Å². The SMILES string of the molecule is COCC1(C(=O)O)CCN(C(=O)c2ccccc2Br)C1. The molecule has 0 bridgehead atoms. The van der Waals surface area contributed by atoms with Gasteiger partial charge in [0.15, 0.2) is 0 Å². The zero-order valence-corrected chi connectivity index (χ0v) is 12.7. The molecule has 1 amide bonds. The fraction of sp³-hybridized carbons (Fsp3) is 0.429. The van der Waals surface area contributed by atoms with E-state index in [1.807, 2.05) is 6.07 Å². The number of ether oxygens (including phenoxy) is 1. The number of benzene rings is 1. The van der Waals surface area contributed by atoms with Gasteiger partial charge in [-0.15, -0.1) is 0 Å². The van der Waals surface area contributed by atoms with Crippen molar-refractivity contribution in [1.29, 1.82) is 0 Å². The van der Waals surface area contributed by atoms with Gasteiger partial charge in [-0.25, -0.2) is 0 Å². The molecule has 1 aromatic carbocycles. The van der Waals surface area contributed by atoms with E-state index in [0.29, 0.717) is 23.0 Å². The smallest absolute Gasteiger partial charge is 0.313 e. The highest BCUT2D eigenvalue weighted by Crippen LogP contribution is 2.32. The first kappa shape index (κ1) is 15.0. The van der Waals surface area contributed by atoms with Gasteiger partial charge in [-0.1, -0.05) is 12.1 Å². The van der Waals surface area contributed by atoms with Crippen LogP contribution in [0, 0.1) is 5.41 Å². The minimum atomic E-state index is -0.994. The average Bonchev–Trinajstić information content (AvgIpc) is 2.85. The Hall–Kier alpha value is -1.40. The van der Waals surface area contributed by atoms with Crippen LogP contribution in [-0.4, -0.2) is 48.7 Å². The Bertz CT molecular complexity index is 534. The quantitative estimate of drug-likeness (QED) is 0.909. The molecule has 1 atom stereocenters. The summed E-state index contributed by atoms with van der Waals surface area (Å²) >= 11 is 3.34. The monoisotopic (exact) mass is 341 g/mol. The van der Waals surface area contributed by atoms with Crippen LogP contribution in [0.1, 0.15) is 16.8 Å². The van der Waals surface area contributed by atoms with Gasteiger partial charge in [0.2, 0.25) is 0 Å². The highest BCUT2D eigenvalue weighted by Gasteiger charge is 2.46. The lowest BCUT2D eigenvalue weighted by Gasteiger charge is -2.24. The van der Waals surface area contributed by atoms with Crippen molar-refractivity contribution in [1.82, 2.24) is 4.90 Å². The summed E-state index contributed by atoms with van der Waals surface area (Å²) in [6.07, 6.45) is 0.409. The minimum absolute atomic E-state index is 0.113. The average molecular weight is 342 g/mol. The standard InChI is InChI=1S/C14H16BrNO4/c1-20-9-14(13(18)19)6-7-16(8-14)12(17)10-4-2-3-5-11(10)15/h2-5H,6-9H2,1H3,(H,18,19). The number of carboxylic acids is 1. The molecule has 2 rings (SSSR count). The van der Waals surface area contributed by atoms with Gasteiger partial charge in [0, 0.05) is 24.7 Å². The third-order valence-electron chi connectivity index (χ3n) is 3.62. The summed E-state index contributed by atoms with van der Waals surface area (Å²) in [5.74, 6) is -1.07. The van der Waals surface area contributed by atoms with Crippen LogP contribution in [0.2, 0.25) is 0 Å². The molecule has 1 saturated heterocycles. The van der Waals surface area contributed by atoms with Gasteiger partial charge in [0.25, 0.3) is 5.91 Å². The number of carbonyl (C=O) groups excluding carboxylic acids is 1. The van der Waals surface area contributed by atoms with E-state index >= 15 is 0 Å². The Morgan fingerprint density at radius 3 is 2.75 bits per heavy atom. The van der Waals surface area contributed by atoms with Crippen molar-refractivity contribution in [2.75, 3.05) is 26.8 Å². The third kappa shape index (κ3) is 2.71. The molecule has 108 valence electrons. The van der Waals surface area contributed by atoms with Crippen LogP contribution in [0.15, 0.2) is 28.7 Å². The van der Waals surface area contributed by atoms with Crippen molar-refractivity contribution < 1.29 is 19.4 Å². The Balaban J connectivity index is 2.19. The molecule has 1 aromatic rings. The number of carbonyl (C=O) groups is 2. The van der Waals surface area contributed by atoms with E-state index in [-0.39, 0.29) is 19.1 Å². The molecule has 0 radical (unpaired) electrons. The molecule has 1 aliphatic rings. The summed E-state index contributed by atoms with van der Waals surface area (Å²) in [6, 6.07) is 7.14. The highest BCUT2D eigenvalue weighted by atomic mass is 79.9. The van der Waals surface area contributed by atoms with E-state index in [2.05, 4.69) is 15.9 Å². The molecule has 0 aliphatic carbocycles. The number of hydrogen-bond acceptors (Lipinski definition) is 3. The molecule has 1 fully saturated rings. The largest absolute Gasteiger partial charge is 0.481 e. The molecule has 0 aromatic heterocycles. The molecule has 6 heteroatoms. The maximum Gasteiger partial charge on any atom is 0.313 e. The Labute approximate surface area is 125 Å². The normalized spacial score (nSPS) is 22.0. The van der Waals surface area contributed by atoms with Crippen LogP contribution in [0.25, 0.3) is 0 Å². The second-order valence-electron chi connectivity index (χ2n) is 4.98.